The van der Waals surface area contributed by atoms with Crippen molar-refractivity contribution in [2.75, 3.05) is 5.32 Å². The number of hydrogen-bond donors (Lipinski definition) is 3. The van der Waals surface area contributed by atoms with Gasteiger partial charge in [-0.05, 0) is 19.1 Å². The second kappa shape index (κ2) is 4.61. The van der Waals surface area contributed by atoms with E-state index in [4.69, 9.17) is 0 Å². The van der Waals surface area contributed by atoms with Crippen molar-refractivity contribution in [1.82, 2.24) is 15.0 Å². The van der Waals surface area contributed by atoms with E-state index in [1.54, 1.807) is 19.3 Å². The third-order valence-electron chi connectivity index (χ3n) is 3.07. The van der Waals surface area contributed by atoms with Gasteiger partial charge in [0.1, 0.15) is 5.82 Å². The number of rotatable bonds is 3. The van der Waals surface area contributed by atoms with Gasteiger partial charge in [-0.3, -0.25) is 4.79 Å². The van der Waals surface area contributed by atoms with Gasteiger partial charge in [0, 0.05) is 23.3 Å². The average molecular weight is 254 g/mol. The van der Waals surface area contributed by atoms with E-state index in [-0.39, 0.29) is 5.56 Å². The van der Waals surface area contributed by atoms with E-state index >= 15 is 0 Å². The molecular weight excluding hydrogens is 240 g/mol. The highest BCUT2D eigenvalue weighted by molar-refractivity contribution is 5.90. The molecule has 5 nitrogen and oxygen atoms in total. The maximum Gasteiger partial charge on any atom is 0.251 e. The van der Waals surface area contributed by atoms with Gasteiger partial charge >= 0.3 is 0 Å². The lowest BCUT2D eigenvalue weighted by molar-refractivity contribution is 1.00. The molecule has 0 radical (unpaired) electrons. The lowest BCUT2D eigenvalue weighted by atomic mass is 10.1. The van der Waals surface area contributed by atoms with Crippen LogP contribution in [0.5, 0.6) is 0 Å². The molecule has 0 bridgehead atoms. The Morgan fingerprint density at radius 3 is 3.05 bits per heavy atom. The summed E-state index contributed by atoms with van der Waals surface area (Å²) in [7, 11) is 0. The minimum atomic E-state index is -0.0558. The summed E-state index contributed by atoms with van der Waals surface area (Å²) in [6.07, 6.45) is 3.50. The Balaban J connectivity index is 1.99. The Kier molecular flexibility index (Phi) is 2.79. The molecule has 3 N–H and O–H groups in total. The van der Waals surface area contributed by atoms with Gasteiger partial charge in [0.2, 0.25) is 0 Å². The third kappa shape index (κ3) is 2.22. The Morgan fingerprint density at radius 1 is 1.37 bits per heavy atom. The molecule has 1 aromatic carbocycles. The standard InChI is InChI=1S/C14H14N4O/c1-9-7-10-3-2-4-11(13(10)18-14(9)19)17-8-12-15-5-6-16-12/h2-7,17H,8H2,1H3,(H,15,16)(H,18,19). The molecule has 0 fully saturated rings. The van der Waals surface area contributed by atoms with Crippen LogP contribution in [-0.2, 0) is 6.54 Å². The van der Waals surface area contributed by atoms with Gasteiger partial charge < -0.3 is 15.3 Å². The predicted molar refractivity (Wildman–Crippen MR) is 75.2 cm³/mol. The normalized spacial score (nSPS) is 10.8. The number of anilines is 1. The summed E-state index contributed by atoms with van der Waals surface area (Å²) in [4.78, 5) is 21.8. The van der Waals surface area contributed by atoms with Gasteiger partial charge in [-0.25, -0.2) is 4.98 Å². The highest BCUT2D eigenvalue weighted by Gasteiger charge is 2.04. The second-order valence-corrected chi connectivity index (χ2v) is 4.44. The zero-order valence-electron chi connectivity index (χ0n) is 10.5. The maximum absolute atomic E-state index is 11.7. The van der Waals surface area contributed by atoms with E-state index in [0.717, 1.165) is 28.0 Å². The van der Waals surface area contributed by atoms with Crippen LogP contribution in [0.4, 0.5) is 5.69 Å². The first-order chi connectivity index (χ1) is 9.24. The zero-order chi connectivity index (χ0) is 13.2. The van der Waals surface area contributed by atoms with Crippen molar-refractivity contribution in [3.8, 4) is 0 Å². The zero-order valence-corrected chi connectivity index (χ0v) is 10.5. The SMILES string of the molecule is Cc1cc2cccc(NCc3ncc[nH]3)c2[nH]c1=O. The molecular formula is C14H14N4O. The van der Waals surface area contributed by atoms with Gasteiger partial charge in [0.05, 0.1) is 17.7 Å². The summed E-state index contributed by atoms with van der Waals surface area (Å²) < 4.78 is 0. The van der Waals surface area contributed by atoms with Crippen molar-refractivity contribution in [3.05, 3.63) is 58.4 Å². The van der Waals surface area contributed by atoms with Gasteiger partial charge in [0.15, 0.2) is 0 Å². The smallest absolute Gasteiger partial charge is 0.251 e. The Morgan fingerprint density at radius 2 is 2.26 bits per heavy atom. The van der Waals surface area contributed by atoms with Crippen molar-refractivity contribution >= 4 is 16.6 Å². The van der Waals surface area contributed by atoms with E-state index < -0.39 is 0 Å². The molecule has 3 aromatic rings. The van der Waals surface area contributed by atoms with E-state index in [1.165, 1.54) is 0 Å². The first-order valence-corrected chi connectivity index (χ1v) is 6.09. The van der Waals surface area contributed by atoms with E-state index in [9.17, 15) is 4.79 Å². The molecule has 2 aromatic heterocycles. The number of aryl methyl sites for hydroxylation is 1. The molecule has 19 heavy (non-hydrogen) atoms. The number of aromatic amines is 2. The maximum atomic E-state index is 11.7. The summed E-state index contributed by atoms with van der Waals surface area (Å²) in [6.45, 7) is 2.39. The quantitative estimate of drug-likeness (QED) is 0.670. The number of hydrogen-bond acceptors (Lipinski definition) is 3. The molecule has 0 saturated heterocycles. The number of pyridine rings is 1. The summed E-state index contributed by atoms with van der Waals surface area (Å²) in [5, 5.41) is 4.29. The molecule has 96 valence electrons. The fourth-order valence-corrected chi connectivity index (χ4v) is 2.06. The van der Waals surface area contributed by atoms with Crippen LogP contribution in [0.3, 0.4) is 0 Å². The van der Waals surface area contributed by atoms with Crippen LogP contribution in [0.1, 0.15) is 11.4 Å². The van der Waals surface area contributed by atoms with Gasteiger partial charge in [0.25, 0.3) is 5.56 Å². The van der Waals surface area contributed by atoms with Crippen molar-refractivity contribution in [2.45, 2.75) is 13.5 Å². The molecule has 0 aliphatic heterocycles. The molecule has 0 spiro atoms. The third-order valence-corrected chi connectivity index (χ3v) is 3.07. The monoisotopic (exact) mass is 254 g/mol. The molecule has 3 rings (SSSR count). The lowest BCUT2D eigenvalue weighted by Crippen LogP contribution is -2.10. The molecule has 0 amide bonds. The Labute approximate surface area is 109 Å². The van der Waals surface area contributed by atoms with Crippen molar-refractivity contribution in [1.29, 1.82) is 0 Å². The number of nitrogens with zero attached hydrogens (tertiary/aromatic N) is 1. The number of imidazole rings is 1. The molecule has 5 heteroatoms. The number of benzene rings is 1. The van der Waals surface area contributed by atoms with Gasteiger partial charge in [-0.15, -0.1) is 0 Å². The largest absolute Gasteiger partial charge is 0.376 e. The minimum absolute atomic E-state index is 0.0558. The molecule has 0 saturated carbocycles. The summed E-state index contributed by atoms with van der Waals surface area (Å²) in [5.74, 6) is 0.853. The summed E-state index contributed by atoms with van der Waals surface area (Å²) in [5.41, 5.74) is 2.38. The number of aromatic nitrogens is 3. The average Bonchev–Trinajstić information content (AvgIpc) is 2.91. The Bertz CT molecular complexity index is 759. The van der Waals surface area contributed by atoms with Crippen LogP contribution in [-0.4, -0.2) is 15.0 Å². The van der Waals surface area contributed by atoms with Crippen LogP contribution in [0, 0.1) is 6.92 Å². The molecule has 0 aliphatic rings. The number of fused-ring (bicyclic) bond motifs is 1. The summed E-state index contributed by atoms with van der Waals surface area (Å²) >= 11 is 0. The van der Waals surface area contributed by atoms with Crippen LogP contribution < -0.4 is 10.9 Å². The topological polar surface area (TPSA) is 73.6 Å². The highest BCUT2D eigenvalue weighted by atomic mass is 16.1. The van der Waals surface area contributed by atoms with Crippen LogP contribution in [0.25, 0.3) is 10.9 Å². The molecule has 0 atom stereocenters. The molecule has 2 heterocycles. The van der Waals surface area contributed by atoms with Gasteiger partial charge in [-0.1, -0.05) is 12.1 Å². The van der Waals surface area contributed by atoms with E-state index in [2.05, 4.69) is 20.3 Å². The van der Waals surface area contributed by atoms with Crippen molar-refractivity contribution in [2.24, 2.45) is 0 Å². The minimum Gasteiger partial charge on any atom is -0.376 e. The Hall–Kier alpha value is -2.56. The van der Waals surface area contributed by atoms with Crippen molar-refractivity contribution in [3.63, 3.8) is 0 Å². The van der Waals surface area contributed by atoms with Crippen LogP contribution in [0.15, 0.2) is 41.5 Å². The van der Waals surface area contributed by atoms with Crippen molar-refractivity contribution < 1.29 is 0 Å². The lowest BCUT2D eigenvalue weighted by Gasteiger charge is -2.08. The summed E-state index contributed by atoms with van der Waals surface area (Å²) in [6, 6.07) is 7.78. The van der Waals surface area contributed by atoms with E-state index in [1.807, 2.05) is 24.3 Å². The highest BCUT2D eigenvalue weighted by Crippen LogP contribution is 2.20. The van der Waals surface area contributed by atoms with Crippen LogP contribution in [0.2, 0.25) is 0 Å². The fraction of sp³-hybridized carbons (Fsp3) is 0.143. The van der Waals surface area contributed by atoms with Crippen LogP contribution >= 0.6 is 0 Å². The molecule has 0 unspecified atom stereocenters. The number of nitrogens with one attached hydrogen (secondary N) is 3. The number of H-pyrrole nitrogens is 2. The first-order valence-electron chi connectivity index (χ1n) is 6.09. The second-order valence-electron chi connectivity index (χ2n) is 4.44. The predicted octanol–water partition coefficient (Wildman–Crippen LogP) is 2.17. The van der Waals surface area contributed by atoms with Gasteiger partial charge in [-0.2, -0.15) is 0 Å². The number of para-hydroxylation sites is 1. The fourth-order valence-electron chi connectivity index (χ4n) is 2.06. The first kappa shape index (κ1) is 11.5. The molecule has 0 aliphatic carbocycles. The van der Waals surface area contributed by atoms with E-state index in [0.29, 0.717) is 6.54 Å².